The number of hydrogen-bond donors (Lipinski definition) is 2. The third-order valence-electron chi connectivity index (χ3n) is 2.42. The van der Waals surface area contributed by atoms with E-state index in [1.165, 1.54) is 13.4 Å². The first-order chi connectivity index (χ1) is 8.70. The molecule has 0 aliphatic carbocycles. The van der Waals surface area contributed by atoms with Gasteiger partial charge in [0.15, 0.2) is 5.82 Å². The Morgan fingerprint density at radius 3 is 2.89 bits per heavy atom. The number of nitrogens with one attached hydrogen (secondary N) is 1. The average Bonchev–Trinajstić information content (AvgIpc) is 2.38. The Morgan fingerprint density at radius 1 is 1.33 bits per heavy atom. The second-order valence-electron chi connectivity index (χ2n) is 3.77. The lowest BCUT2D eigenvalue weighted by atomic mass is 10.3. The molecule has 0 bridgehead atoms. The minimum Gasteiger partial charge on any atom is -0.479 e. The van der Waals surface area contributed by atoms with Crippen molar-refractivity contribution < 1.29 is 4.74 Å². The lowest BCUT2D eigenvalue weighted by Crippen LogP contribution is -2.08. The number of ether oxygens (including phenoxy) is 1. The summed E-state index contributed by atoms with van der Waals surface area (Å²) in [7, 11) is 1.52. The van der Waals surface area contributed by atoms with E-state index in [4.69, 9.17) is 10.5 Å². The van der Waals surface area contributed by atoms with Crippen LogP contribution >= 0.6 is 0 Å². The zero-order chi connectivity index (χ0) is 13.0. The van der Waals surface area contributed by atoms with Crippen LogP contribution in [0, 0.1) is 6.92 Å². The maximum Gasteiger partial charge on any atom is 0.242 e. The quantitative estimate of drug-likeness (QED) is 0.846. The molecule has 0 unspecified atom stereocenters. The van der Waals surface area contributed by atoms with Crippen LogP contribution in [-0.4, -0.2) is 22.1 Å². The molecule has 0 saturated heterocycles. The minimum absolute atomic E-state index is 0.365. The zero-order valence-electron chi connectivity index (χ0n) is 10.3. The summed E-state index contributed by atoms with van der Waals surface area (Å²) in [5, 5.41) is 3.11. The second kappa shape index (κ2) is 5.31. The summed E-state index contributed by atoms with van der Waals surface area (Å²) in [4.78, 5) is 12.4. The lowest BCUT2D eigenvalue weighted by Gasteiger charge is -2.09. The Morgan fingerprint density at radius 2 is 2.17 bits per heavy atom. The van der Waals surface area contributed by atoms with Crippen molar-refractivity contribution in [1.82, 2.24) is 15.0 Å². The van der Waals surface area contributed by atoms with Crippen LogP contribution in [0.25, 0.3) is 0 Å². The number of rotatable bonds is 4. The maximum absolute atomic E-state index is 5.85. The topological polar surface area (TPSA) is 86.0 Å². The molecule has 2 aromatic heterocycles. The largest absolute Gasteiger partial charge is 0.479 e. The molecule has 0 aromatic carbocycles. The molecule has 2 aromatic rings. The van der Waals surface area contributed by atoms with Gasteiger partial charge in [0, 0.05) is 5.69 Å². The van der Waals surface area contributed by atoms with Crippen LogP contribution in [-0.2, 0) is 6.54 Å². The predicted octanol–water partition coefficient (Wildman–Crippen LogP) is 1.38. The molecule has 0 aliphatic heterocycles. The van der Waals surface area contributed by atoms with Crippen LogP contribution in [0.15, 0.2) is 24.5 Å². The molecule has 0 fully saturated rings. The van der Waals surface area contributed by atoms with E-state index >= 15 is 0 Å². The molecule has 6 heteroatoms. The monoisotopic (exact) mass is 245 g/mol. The van der Waals surface area contributed by atoms with Crippen LogP contribution in [0.1, 0.15) is 11.4 Å². The van der Waals surface area contributed by atoms with Gasteiger partial charge in [-0.15, -0.1) is 0 Å². The number of hydrogen-bond acceptors (Lipinski definition) is 6. The van der Waals surface area contributed by atoms with Crippen molar-refractivity contribution in [2.75, 3.05) is 18.2 Å². The first-order valence-corrected chi connectivity index (χ1v) is 5.51. The van der Waals surface area contributed by atoms with Crippen LogP contribution in [0.3, 0.4) is 0 Å². The van der Waals surface area contributed by atoms with E-state index in [1.54, 1.807) is 0 Å². The van der Waals surface area contributed by atoms with Gasteiger partial charge >= 0.3 is 0 Å². The van der Waals surface area contributed by atoms with Gasteiger partial charge in [-0.2, -0.15) is 4.98 Å². The highest BCUT2D eigenvalue weighted by Crippen LogP contribution is 2.24. The molecule has 0 spiro atoms. The van der Waals surface area contributed by atoms with Crippen molar-refractivity contribution in [2.24, 2.45) is 0 Å². The smallest absolute Gasteiger partial charge is 0.242 e. The number of aromatic nitrogens is 3. The highest BCUT2D eigenvalue weighted by atomic mass is 16.5. The fraction of sp³-hybridized carbons (Fsp3) is 0.250. The van der Waals surface area contributed by atoms with Gasteiger partial charge in [0.05, 0.1) is 19.3 Å². The highest BCUT2D eigenvalue weighted by Gasteiger charge is 2.07. The predicted molar refractivity (Wildman–Crippen MR) is 69.3 cm³/mol. The van der Waals surface area contributed by atoms with Gasteiger partial charge < -0.3 is 15.8 Å². The number of nitrogens with two attached hydrogens (primary N) is 1. The van der Waals surface area contributed by atoms with Crippen molar-refractivity contribution in [3.63, 3.8) is 0 Å². The Kier molecular flexibility index (Phi) is 3.57. The van der Waals surface area contributed by atoms with E-state index in [2.05, 4.69) is 20.3 Å². The first kappa shape index (κ1) is 12.1. The molecule has 2 rings (SSSR count). The Bertz CT molecular complexity index is 544. The van der Waals surface area contributed by atoms with E-state index in [0.29, 0.717) is 23.9 Å². The molecule has 0 amide bonds. The molecule has 0 aliphatic rings. The molecule has 0 atom stereocenters. The van der Waals surface area contributed by atoms with Gasteiger partial charge in [-0.05, 0) is 19.1 Å². The van der Waals surface area contributed by atoms with Gasteiger partial charge in [-0.1, -0.05) is 6.07 Å². The maximum atomic E-state index is 5.85. The Labute approximate surface area is 105 Å². The van der Waals surface area contributed by atoms with Crippen molar-refractivity contribution in [2.45, 2.75) is 13.5 Å². The van der Waals surface area contributed by atoms with E-state index in [9.17, 15) is 0 Å². The molecule has 6 nitrogen and oxygen atoms in total. The van der Waals surface area contributed by atoms with Gasteiger partial charge in [0.2, 0.25) is 5.88 Å². The lowest BCUT2D eigenvalue weighted by molar-refractivity contribution is 0.399. The molecule has 94 valence electrons. The highest BCUT2D eigenvalue weighted by molar-refractivity contribution is 5.66. The molecular formula is C12H15N5O. The van der Waals surface area contributed by atoms with Crippen LogP contribution in [0.5, 0.6) is 5.88 Å². The minimum atomic E-state index is 0.365. The van der Waals surface area contributed by atoms with Crippen LogP contribution in [0.4, 0.5) is 11.5 Å². The molecular weight excluding hydrogens is 230 g/mol. The summed E-state index contributed by atoms with van der Waals surface area (Å²) >= 11 is 0. The van der Waals surface area contributed by atoms with Crippen molar-refractivity contribution >= 4 is 11.5 Å². The van der Waals surface area contributed by atoms with E-state index in [0.717, 1.165) is 11.4 Å². The number of anilines is 2. The van der Waals surface area contributed by atoms with Gasteiger partial charge in [0.1, 0.15) is 12.0 Å². The third-order valence-corrected chi connectivity index (χ3v) is 2.42. The third kappa shape index (κ3) is 2.65. The standard InChI is InChI=1S/C12H15N5O/c1-8-4-3-5-9(17-8)6-14-11-10(13)12(18-2)16-7-15-11/h3-5,7H,6,13H2,1-2H3,(H,14,15,16). The summed E-state index contributed by atoms with van der Waals surface area (Å²) < 4.78 is 5.03. The van der Waals surface area contributed by atoms with Crippen molar-refractivity contribution in [1.29, 1.82) is 0 Å². The summed E-state index contributed by atoms with van der Waals surface area (Å²) in [5.74, 6) is 0.912. The molecule has 18 heavy (non-hydrogen) atoms. The fourth-order valence-corrected chi connectivity index (χ4v) is 1.56. The number of nitrogens with zero attached hydrogens (tertiary/aromatic N) is 3. The summed E-state index contributed by atoms with van der Waals surface area (Å²) in [5.41, 5.74) is 8.15. The van der Waals surface area contributed by atoms with Crippen LogP contribution < -0.4 is 15.8 Å². The molecule has 2 heterocycles. The van der Waals surface area contributed by atoms with Crippen LogP contribution in [0.2, 0.25) is 0 Å². The number of aryl methyl sites for hydroxylation is 1. The summed E-state index contributed by atoms with van der Waals surface area (Å²) in [6.45, 7) is 2.50. The molecule has 3 N–H and O–H groups in total. The van der Waals surface area contributed by atoms with Crippen molar-refractivity contribution in [3.8, 4) is 5.88 Å². The fourth-order valence-electron chi connectivity index (χ4n) is 1.56. The molecule has 0 saturated carbocycles. The second-order valence-corrected chi connectivity index (χ2v) is 3.77. The van der Waals surface area contributed by atoms with E-state index in [-0.39, 0.29) is 0 Å². The number of pyridine rings is 1. The first-order valence-electron chi connectivity index (χ1n) is 5.51. The number of methoxy groups -OCH3 is 1. The zero-order valence-corrected chi connectivity index (χ0v) is 10.3. The van der Waals surface area contributed by atoms with Crippen molar-refractivity contribution in [3.05, 3.63) is 35.9 Å². The Hall–Kier alpha value is -2.37. The SMILES string of the molecule is COc1ncnc(NCc2cccc(C)n2)c1N. The number of nitrogen functional groups attached to an aromatic ring is 1. The summed E-state index contributed by atoms with van der Waals surface area (Å²) in [6.07, 6.45) is 1.40. The molecule has 0 radical (unpaired) electrons. The van der Waals surface area contributed by atoms with Gasteiger partial charge in [-0.3, -0.25) is 4.98 Å². The van der Waals surface area contributed by atoms with Gasteiger partial charge in [-0.25, -0.2) is 4.98 Å². The normalized spacial score (nSPS) is 10.1. The summed E-state index contributed by atoms with van der Waals surface area (Å²) in [6, 6.07) is 5.85. The average molecular weight is 245 g/mol. The van der Waals surface area contributed by atoms with Gasteiger partial charge in [0.25, 0.3) is 0 Å². The van der Waals surface area contributed by atoms with E-state index in [1.807, 2.05) is 25.1 Å². The Balaban J connectivity index is 2.11. The van der Waals surface area contributed by atoms with E-state index < -0.39 is 0 Å².